The van der Waals surface area contributed by atoms with Crippen LogP contribution < -0.4 is 14.8 Å². The summed E-state index contributed by atoms with van der Waals surface area (Å²) in [5, 5.41) is 3.37. The summed E-state index contributed by atoms with van der Waals surface area (Å²) >= 11 is 6.57. The Labute approximate surface area is 413 Å². The quantitative estimate of drug-likeness (QED) is 0.0270. The van der Waals surface area contributed by atoms with Gasteiger partial charge in [0.15, 0.2) is 5.71 Å². The van der Waals surface area contributed by atoms with E-state index in [1.807, 2.05) is 101 Å². The van der Waals surface area contributed by atoms with E-state index >= 15 is 0 Å². The Balaban J connectivity index is 1.47. The van der Waals surface area contributed by atoms with Gasteiger partial charge in [0.05, 0.1) is 38.9 Å². The van der Waals surface area contributed by atoms with Gasteiger partial charge in [-0.3, -0.25) is 23.2 Å². The van der Waals surface area contributed by atoms with Crippen LogP contribution in [0, 0.1) is 5.92 Å². The van der Waals surface area contributed by atoms with E-state index in [2.05, 4.69) is 5.32 Å². The lowest BCUT2D eigenvalue weighted by Gasteiger charge is -2.27. The zero-order valence-electron chi connectivity index (χ0n) is 40.2. The van der Waals surface area contributed by atoms with Crippen LogP contribution in [0.25, 0.3) is 5.57 Å². The van der Waals surface area contributed by atoms with Gasteiger partial charge in [0.2, 0.25) is 5.91 Å². The van der Waals surface area contributed by atoms with Crippen LogP contribution >= 0.6 is 11.6 Å². The Morgan fingerprint density at radius 2 is 1.51 bits per heavy atom. The summed E-state index contributed by atoms with van der Waals surface area (Å²) < 4.78 is 102. The third kappa shape index (κ3) is 15.5. The van der Waals surface area contributed by atoms with E-state index in [4.69, 9.17) is 16.6 Å². The summed E-state index contributed by atoms with van der Waals surface area (Å²) in [6.45, 7) is 12.6. The van der Waals surface area contributed by atoms with Crippen molar-refractivity contribution in [2.45, 2.75) is 128 Å². The van der Waals surface area contributed by atoms with Crippen molar-refractivity contribution in [2.24, 2.45) is 10.9 Å². The number of Topliss-reactive ketones (excluding diaryl/α,β-unsaturated/α-hetero) is 1. The molecular formula is C50H66ClN4O11S3+. The Bertz CT molecular complexity index is 2870. The number of amides is 1. The maximum absolute atomic E-state index is 13.1. The normalized spacial score (nSPS) is 16.3. The molecule has 69 heavy (non-hydrogen) atoms. The van der Waals surface area contributed by atoms with Crippen molar-refractivity contribution in [1.82, 2.24) is 5.32 Å². The number of rotatable bonds is 25. The van der Waals surface area contributed by atoms with Gasteiger partial charge in [-0.1, -0.05) is 95.0 Å². The number of anilines is 1. The molecule has 1 amide bonds. The fourth-order valence-electron chi connectivity index (χ4n) is 8.67. The summed E-state index contributed by atoms with van der Waals surface area (Å²) in [5.74, 6) is -0.135. The molecule has 3 heterocycles. The largest absolute Gasteiger partial charge is 0.356 e. The van der Waals surface area contributed by atoms with E-state index in [1.165, 1.54) is 12.1 Å². The van der Waals surface area contributed by atoms with E-state index in [0.29, 0.717) is 59.3 Å². The predicted molar refractivity (Wildman–Crippen MR) is 271 cm³/mol. The Morgan fingerprint density at radius 1 is 0.826 bits per heavy atom. The third-order valence-electron chi connectivity index (χ3n) is 12.6. The number of unbranched alkanes of at least 4 members (excludes halogenated alkanes) is 4. The third-order valence-corrected chi connectivity index (χ3v) is 15.3. The summed E-state index contributed by atoms with van der Waals surface area (Å²) in [6, 6.07) is 14.0. The first kappa shape index (κ1) is 55.4. The van der Waals surface area contributed by atoms with E-state index < -0.39 is 52.7 Å². The Morgan fingerprint density at radius 3 is 2.19 bits per heavy atom. The first-order valence-corrected chi connectivity index (χ1v) is 28.3. The van der Waals surface area contributed by atoms with Crippen molar-refractivity contribution >= 4 is 76.4 Å². The highest BCUT2D eigenvalue weighted by Crippen LogP contribution is 2.49. The zero-order chi connectivity index (χ0) is 51.0. The highest BCUT2D eigenvalue weighted by molar-refractivity contribution is 7.86. The standard InChI is InChI=1S/C50H65ClN4O11S3/c1-35(2)48(57)52-26-11-9-7-8-10-17-40(56)21-18-36-15-12-16-38(31-36)37(19-24-45-49(3,4)43-32-39(51)34-54(47(43)53-45)27-13-29-67(58,59)60)20-25-46-50(5,6)42-33-41(69(64,65)66)22-23-44(42)55(46)28-14-30-68(61,62)63/h12,15-16,19-20,22-25,31-35H,7-11,13-14,17-18,21,26-30H2,1-6H3,(H3-,52,57,58,59,60,61,62,63,64,65,66)/p+1. The molecule has 376 valence electrons. The molecule has 2 aliphatic rings. The summed E-state index contributed by atoms with van der Waals surface area (Å²) in [5.41, 5.74) is 4.38. The number of carbonyl (C=O) groups is 2. The number of hydrogen-bond acceptors (Lipinski definition) is 10. The topological polar surface area (TPSA) is 229 Å². The van der Waals surface area contributed by atoms with Gasteiger partial charge in [0.25, 0.3) is 30.4 Å². The average Bonchev–Trinajstić information content (AvgIpc) is 3.63. The molecule has 0 atom stereocenters. The molecule has 0 bridgehead atoms. The zero-order valence-corrected chi connectivity index (χ0v) is 43.4. The number of aromatic nitrogens is 1. The van der Waals surface area contributed by atoms with Gasteiger partial charge in [-0.2, -0.15) is 25.3 Å². The van der Waals surface area contributed by atoms with Crippen LogP contribution in [0.15, 0.2) is 94.6 Å². The molecule has 2 aromatic carbocycles. The minimum Gasteiger partial charge on any atom is -0.356 e. The summed E-state index contributed by atoms with van der Waals surface area (Å²) in [4.78, 5) is 31.4. The SMILES string of the molecule is CC(C)C(=O)NCCCCCCCC(=O)CCc1cccc(C(=C\C=C2/N(CCCS(=O)(=O)O)c3ccc(S(=O)(=O)O)cc3C2(C)C)/C=C/C2=Nc3c(cc(Cl)c[n+]3CCCS(=O)(=O)O)C2(C)C)c1. The molecule has 0 spiro atoms. The molecule has 0 saturated heterocycles. The highest BCUT2D eigenvalue weighted by atomic mass is 35.5. The van der Waals surface area contributed by atoms with Crippen molar-refractivity contribution < 1.29 is 53.1 Å². The minimum atomic E-state index is -4.55. The van der Waals surface area contributed by atoms with E-state index in [9.17, 15) is 48.5 Å². The van der Waals surface area contributed by atoms with Gasteiger partial charge < -0.3 is 10.2 Å². The molecule has 0 unspecified atom stereocenters. The van der Waals surface area contributed by atoms with E-state index in [0.717, 1.165) is 54.4 Å². The van der Waals surface area contributed by atoms with Gasteiger partial charge in [-0.15, -0.1) is 0 Å². The fourth-order valence-corrected chi connectivity index (χ4v) is 10.4. The average molecular weight is 1030 g/mol. The van der Waals surface area contributed by atoms with Crippen LogP contribution in [-0.2, 0) is 63.7 Å². The number of ketones is 1. The van der Waals surface area contributed by atoms with E-state index in [1.54, 1.807) is 16.8 Å². The van der Waals surface area contributed by atoms with Crippen molar-refractivity contribution in [2.75, 3.05) is 29.5 Å². The lowest BCUT2D eigenvalue weighted by Crippen LogP contribution is -2.36. The second-order valence-corrected chi connectivity index (χ2v) is 24.1. The Kier molecular flexibility index (Phi) is 18.5. The number of nitrogens with zero attached hydrogens (tertiary/aromatic N) is 3. The van der Waals surface area contributed by atoms with Gasteiger partial charge in [-0.25, -0.2) is 4.57 Å². The van der Waals surface area contributed by atoms with Crippen molar-refractivity contribution in [3.63, 3.8) is 0 Å². The lowest BCUT2D eigenvalue weighted by atomic mass is 9.81. The number of aliphatic imine (C=N–C) groups is 1. The van der Waals surface area contributed by atoms with Crippen molar-refractivity contribution in [3.8, 4) is 0 Å². The highest BCUT2D eigenvalue weighted by Gasteiger charge is 2.43. The number of aryl methyl sites for hydroxylation is 2. The van der Waals surface area contributed by atoms with Crippen LogP contribution in [0.1, 0.15) is 122 Å². The number of pyridine rings is 1. The first-order chi connectivity index (χ1) is 32.2. The maximum Gasteiger partial charge on any atom is 0.327 e. The molecule has 1 aromatic heterocycles. The molecule has 15 nitrogen and oxygen atoms in total. The summed E-state index contributed by atoms with van der Waals surface area (Å²) in [7, 11) is -13.0. The molecule has 5 rings (SSSR count). The van der Waals surface area contributed by atoms with Crippen LogP contribution in [0.2, 0.25) is 5.02 Å². The smallest absolute Gasteiger partial charge is 0.327 e. The molecule has 19 heteroatoms. The molecular weight excluding hydrogens is 964 g/mol. The second-order valence-electron chi connectivity index (χ2n) is 19.1. The molecule has 2 aliphatic heterocycles. The molecule has 0 fully saturated rings. The molecule has 4 N–H and O–H groups in total. The second kappa shape index (κ2) is 23.1. The molecule has 3 aromatic rings. The predicted octanol–water partition coefficient (Wildman–Crippen LogP) is 8.73. The molecule has 0 saturated carbocycles. The number of fused-ring (bicyclic) bond motifs is 2. The maximum atomic E-state index is 13.1. The fraction of sp³-hybridized carbons (Fsp3) is 0.480. The van der Waals surface area contributed by atoms with Crippen LogP contribution in [0.3, 0.4) is 0 Å². The monoisotopic (exact) mass is 1030 g/mol. The first-order valence-electron chi connectivity index (χ1n) is 23.3. The number of carbonyl (C=O) groups excluding carboxylic acids is 2. The van der Waals surface area contributed by atoms with Gasteiger partial charge in [0.1, 0.15) is 12.0 Å². The number of hydrogen-bond donors (Lipinski definition) is 4. The van der Waals surface area contributed by atoms with Crippen LogP contribution in [-0.4, -0.2) is 80.9 Å². The number of benzene rings is 2. The summed E-state index contributed by atoms with van der Waals surface area (Å²) in [6.07, 6.45) is 15.5. The number of allylic oxidation sites excluding steroid dienone is 6. The number of nitrogens with one attached hydrogen (secondary N) is 1. The van der Waals surface area contributed by atoms with Gasteiger partial charge >= 0.3 is 5.82 Å². The Hall–Kier alpha value is -4.56. The van der Waals surface area contributed by atoms with Crippen molar-refractivity contribution in [1.29, 1.82) is 0 Å². The molecule has 0 radical (unpaired) electrons. The van der Waals surface area contributed by atoms with Crippen LogP contribution in [0.5, 0.6) is 0 Å². The van der Waals surface area contributed by atoms with Crippen LogP contribution in [0.4, 0.5) is 11.5 Å². The van der Waals surface area contributed by atoms with Gasteiger partial charge in [-0.05, 0) is 103 Å². The van der Waals surface area contributed by atoms with Crippen molar-refractivity contribution in [3.05, 3.63) is 112 Å². The minimum absolute atomic E-state index is 0.0365. The lowest BCUT2D eigenvalue weighted by molar-refractivity contribution is -0.684. The van der Waals surface area contributed by atoms with E-state index in [-0.39, 0.29) is 48.4 Å². The number of halogens is 1. The van der Waals surface area contributed by atoms with Gasteiger partial charge in [0, 0.05) is 55.1 Å². The molecule has 0 aliphatic carbocycles.